The van der Waals surface area contributed by atoms with E-state index >= 15 is 0 Å². The highest BCUT2D eigenvalue weighted by Gasteiger charge is 2.22. The van der Waals surface area contributed by atoms with Gasteiger partial charge in [-0.25, -0.2) is 0 Å². The van der Waals surface area contributed by atoms with Crippen molar-refractivity contribution in [2.75, 3.05) is 25.4 Å². The van der Waals surface area contributed by atoms with Crippen LogP contribution in [0.15, 0.2) is 29.2 Å². The van der Waals surface area contributed by atoms with E-state index in [-0.39, 0.29) is 5.91 Å². The number of likely N-dealkylation sites (tertiary alicyclic amines) is 1. The topological polar surface area (TPSA) is 32.3 Å². The molecule has 3 rings (SSSR count). The fourth-order valence-corrected chi connectivity index (χ4v) is 4.14. The molecule has 0 aromatic heterocycles. The number of piperidine rings is 1. The summed E-state index contributed by atoms with van der Waals surface area (Å²) in [5.74, 6) is 1.40. The van der Waals surface area contributed by atoms with Gasteiger partial charge in [-0.05, 0) is 43.1 Å². The van der Waals surface area contributed by atoms with E-state index in [9.17, 15) is 4.79 Å². The van der Waals surface area contributed by atoms with Crippen LogP contribution in [-0.4, -0.2) is 36.2 Å². The molecule has 1 saturated heterocycles. The quantitative estimate of drug-likeness (QED) is 0.929. The van der Waals surface area contributed by atoms with Crippen LogP contribution in [-0.2, 0) is 4.79 Å². The Bertz CT molecular complexity index is 471. The van der Waals surface area contributed by atoms with E-state index in [0.29, 0.717) is 12.6 Å². The number of fused-ring (bicyclic) bond motifs is 1. The van der Waals surface area contributed by atoms with E-state index in [1.54, 1.807) is 0 Å². The number of carbonyl (C=O) groups excluding carboxylic acids is 1. The summed E-state index contributed by atoms with van der Waals surface area (Å²) in [4.78, 5) is 15.6. The third kappa shape index (κ3) is 3.18. The van der Waals surface area contributed by atoms with Crippen molar-refractivity contribution in [1.82, 2.24) is 10.2 Å². The van der Waals surface area contributed by atoms with Crippen LogP contribution in [0.5, 0.6) is 0 Å². The van der Waals surface area contributed by atoms with Gasteiger partial charge in [-0.2, -0.15) is 0 Å². The van der Waals surface area contributed by atoms with Crippen molar-refractivity contribution >= 4 is 17.7 Å². The molecule has 1 fully saturated rings. The third-order valence-corrected chi connectivity index (χ3v) is 5.29. The molecule has 1 aromatic carbocycles. The Labute approximate surface area is 125 Å². The molecule has 0 saturated carbocycles. The van der Waals surface area contributed by atoms with E-state index in [1.807, 2.05) is 16.7 Å². The van der Waals surface area contributed by atoms with Gasteiger partial charge < -0.3 is 10.2 Å². The van der Waals surface area contributed by atoms with Crippen LogP contribution >= 0.6 is 11.8 Å². The molecule has 1 N–H and O–H groups in total. The van der Waals surface area contributed by atoms with Crippen LogP contribution < -0.4 is 5.32 Å². The zero-order chi connectivity index (χ0) is 13.8. The van der Waals surface area contributed by atoms with Crippen molar-refractivity contribution < 1.29 is 4.79 Å². The van der Waals surface area contributed by atoms with Crippen molar-refractivity contribution in [2.45, 2.75) is 36.6 Å². The molecule has 0 spiro atoms. The van der Waals surface area contributed by atoms with Crippen LogP contribution in [0.1, 0.15) is 37.3 Å². The SMILES string of the molecule is O=C(CNC1CCSc2ccccc21)N1CCCCC1. The monoisotopic (exact) mass is 290 g/mol. The van der Waals surface area contributed by atoms with Gasteiger partial charge in [0.2, 0.25) is 5.91 Å². The first-order valence-electron chi connectivity index (χ1n) is 7.57. The van der Waals surface area contributed by atoms with E-state index in [1.165, 1.54) is 16.9 Å². The van der Waals surface area contributed by atoms with E-state index < -0.39 is 0 Å². The Kier molecular flexibility index (Phi) is 4.63. The summed E-state index contributed by atoms with van der Waals surface area (Å²) in [7, 11) is 0. The predicted molar refractivity (Wildman–Crippen MR) is 83.0 cm³/mol. The minimum atomic E-state index is 0.264. The fourth-order valence-electron chi connectivity index (χ4n) is 3.02. The van der Waals surface area contributed by atoms with E-state index in [0.717, 1.165) is 38.1 Å². The number of amides is 1. The van der Waals surface area contributed by atoms with E-state index in [2.05, 4.69) is 29.6 Å². The lowest BCUT2D eigenvalue weighted by Gasteiger charge is -2.29. The van der Waals surface area contributed by atoms with Crippen LogP contribution in [0, 0.1) is 0 Å². The average molecular weight is 290 g/mol. The van der Waals surface area contributed by atoms with Crippen molar-refractivity contribution in [2.24, 2.45) is 0 Å². The lowest BCUT2D eigenvalue weighted by Crippen LogP contribution is -2.42. The molecule has 0 aliphatic carbocycles. The summed E-state index contributed by atoms with van der Waals surface area (Å²) in [5, 5.41) is 3.47. The summed E-state index contributed by atoms with van der Waals surface area (Å²) in [6.45, 7) is 2.36. The average Bonchev–Trinajstić information content (AvgIpc) is 2.53. The zero-order valence-electron chi connectivity index (χ0n) is 11.8. The summed E-state index contributed by atoms with van der Waals surface area (Å²) in [6.07, 6.45) is 4.70. The minimum absolute atomic E-state index is 0.264. The maximum atomic E-state index is 12.2. The first kappa shape index (κ1) is 14.0. The summed E-state index contributed by atoms with van der Waals surface area (Å²) in [6, 6.07) is 8.88. The molecule has 2 aliphatic heterocycles. The number of benzene rings is 1. The van der Waals surface area contributed by atoms with Crippen LogP contribution in [0.3, 0.4) is 0 Å². The van der Waals surface area contributed by atoms with Gasteiger partial charge >= 0.3 is 0 Å². The number of hydrogen-bond donors (Lipinski definition) is 1. The third-order valence-electron chi connectivity index (χ3n) is 4.17. The molecular formula is C16H22N2OS. The number of nitrogens with one attached hydrogen (secondary N) is 1. The Morgan fingerprint density at radius 3 is 2.90 bits per heavy atom. The number of thioether (sulfide) groups is 1. The molecule has 3 nitrogen and oxygen atoms in total. The predicted octanol–water partition coefficient (Wildman–Crippen LogP) is 2.83. The van der Waals surface area contributed by atoms with Crippen molar-refractivity contribution in [3.05, 3.63) is 29.8 Å². The van der Waals surface area contributed by atoms with Gasteiger partial charge in [-0.15, -0.1) is 11.8 Å². The summed E-state index contributed by atoms with van der Waals surface area (Å²) in [5.41, 5.74) is 1.36. The highest BCUT2D eigenvalue weighted by atomic mass is 32.2. The van der Waals surface area contributed by atoms with Gasteiger partial charge in [-0.1, -0.05) is 18.2 Å². The second kappa shape index (κ2) is 6.64. The maximum absolute atomic E-state index is 12.2. The molecule has 20 heavy (non-hydrogen) atoms. The second-order valence-electron chi connectivity index (χ2n) is 5.55. The summed E-state index contributed by atoms with van der Waals surface area (Å²) >= 11 is 1.92. The van der Waals surface area contributed by atoms with Crippen LogP contribution in [0.2, 0.25) is 0 Å². The lowest BCUT2D eigenvalue weighted by molar-refractivity contribution is -0.131. The van der Waals surface area contributed by atoms with Crippen LogP contribution in [0.25, 0.3) is 0 Å². The molecule has 1 aromatic rings. The van der Waals surface area contributed by atoms with Crippen molar-refractivity contribution in [3.8, 4) is 0 Å². The number of nitrogens with zero attached hydrogens (tertiary/aromatic N) is 1. The molecule has 1 amide bonds. The number of rotatable bonds is 3. The van der Waals surface area contributed by atoms with Gasteiger partial charge in [0, 0.05) is 24.0 Å². The Morgan fingerprint density at radius 2 is 2.05 bits per heavy atom. The highest BCUT2D eigenvalue weighted by Crippen LogP contribution is 2.35. The molecule has 2 aliphatic rings. The Morgan fingerprint density at radius 1 is 1.25 bits per heavy atom. The summed E-state index contributed by atoms with van der Waals surface area (Å²) < 4.78 is 0. The number of hydrogen-bond acceptors (Lipinski definition) is 3. The normalized spacial score (nSPS) is 22.4. The highest BCUT2D eigenvalue weighted by molar-refractivity contribution is 7.99. The molecule has 0 radical (unpaired) electrons. The largest absolute Gasteiger partial charge is 0.342 e. The van der Waals surface area contributed by atoms with Crippen molar-refractivity contribution in [1.29, 1.82) is 0 Å². The molecule has 0 bridgehead atoms. The van der Waals surface area contributed by atoms with Crippen LogP contribution in [0.4, 0.5) is 0 Å². The first-order chi connectivity index (χ1) is 9.84. The van der Waals surface area contributed by atoms with Gasteiger partial charge in [0.05, 0.1) is 6.54 Å². The number of carbonyl (C=O) groups is 1. The molecular weight excluding hydrogens is 268 g/mol. The fraction of sp³-hybridized carbons (Fsp3) is 0.562. The molecule has 1 unspecified atom stereocenters. The minimum Gasteiger partial charge on any atom is -0.342 e. The lowest BCUT2D eigenvalue weighted by atomic mass is 10.0. The zero-order valence-corrected chi connectivity index (χ0v) is 12.6. The molecule has 4 heteroatoms. The molecule has 1 atom stereocenters. The Balaban J connectivity index is 1.57. The first-order valence-corrected chi connectivity index (χ1v) is 8.56. The smallest absolute Gasteiger partial charge is 0.236 e. The second-order valence-corrected chi connectivity index (χ2v) is 6.69. The van der Waals surface area contributed by atoms with Gasteiger partial charge in [0.1, 0.15) is 0 Å². The van der Waals surface area contributed by atoms with Gasteiger partial charge in [0.15, 0.2) is 0 Å². The standard InChI is InChI=1S/C16H22N2OS/c19-16(18-9-4-1-5-10-18)12-17-14-8-11-20-15-7-3-2-6-13(14)15/h2-3,6-7,14,17H,1,4-5,8-12H2. The van der Waals surface area contributed by atoms with E-state index in [4.69, 9.17) is 0 Å². The van der Waals surface area contributed by atoms with Crippen molar-refractivity contribution in [3.63, 3.8) is 0 Å². The van der Waals surface area contributed by atoms with Gasteiger partial charge in [0.25, 0.3) is 0 Å². The molecule has 2 heterocycles. The maximum Gasteiger partial charge on any atom is 0.236 e. The van der Waals surface area contributed by atoms with Gasteiger partial charge in [-0.3, -0.25) is 4.79 Å². The Hall–Kier alpha value is -1.00. The molecule has 108 valence electrons.